The maximum absolute atomic E-state index is 7.28. The second-order valence-electron chi connectivity index (χ2n) is 3.58. The van der Waals surface area contributed by atoms with Crippen molar-refractivity contribution in [2.45, 2.75) is 26.3 Å². The molecular weight excluding hydrogens is 150 g/mol. The van der Waals surface area contributed by atoms with Crippen molar-refractivity contribution in [1.82, 2.24) is 5.32 Å². The minimum Gasteiger partial charge on any atom is -0.387 e. The maximum atomic E-state index is 7.28. The summed E-state index contributed by atoms with van der Waals surface area (Å²) in [6.45, 7) is 9.87. The zero-order chi connectivity index (χ0) is 9.94. The van der Waals surface area contributed by atoms with Crippen molar-refractivity contribution in [2.24, 2.45) is 11.7 Å². The third kappa shape index (κ3) is 2.34. The Bertz CT molecular complexity index is 194. The number of likely N-dealkylation sites (N-methyl/N-ethyl adjacent to an activating group) is 1. The predicted octanol–water partition coefficient (Wildman–Crippen LogP) is 1.11. The predicted molar refractivity (Wildman–Crippen MR) is 53.4 cm³/mol. The monoisotopic (exact) mass is 169 g/mol. The molecule has 3 nitrogen and oxygen atoms in total. The topological polar surface area (TPSA) is 61.9 Å². The summed E-state index contributed by atoms with van der Waals surface area (Å²) in [7, 11) is 1.87. The normalized spacial score (nSPS) is 14.0. The number of nitrogens with one attached hydrogen (secondary N) is 2. The molecule has 0 aromatic carbocycles. The molecule has 0 saturated carbocycles. The molecule has 0 spiro atoms. The number of hydrogen-bond acceptors (Lipinski definition) is 2. The van der Waals surface area contributed by atoms with E-state index in [1.165, 1.54) is 0 Å². The highest BCUT2D eigenvalue weighted by Gasteiger charge is 2.24. The average Bonchev–Trinajstić information content (AvgIpc) is 2.01. The van der Waals surface area contributed by atoms with Crippen molar-refractivity contribution < 1.29 is 0 Å². The molecule has 3 heteroatoms. The van der Waals surface area contributed by atoms with Crippen LogP contribution < -0.4 is 11.1 Å². The smallest absolute Gasteiger partial charge is 0.0976 e. The molecule has 1 unspecified atom stereocenters. The van der Waals surface area contributed by atoms with Gasteiger partial charge in [-0.15, -0.1) is 0 Å². The van der Waals surface area contributed by atoms with Crippen molar-refractivity contribution in [1.29, 1.82) is 5.41 Å². The van der Waals surface area contributed by atoms with E-state index in [-0.39, 0.29) is 17.3 Å². The molecule has 0 aromatic heterocycles. The van der Waals surface area contributed by atoms with E-state index in [1.807, 2.05) is 27.8 Å². The first kappa shape index (κ1) is 11.2. The van der Waals surface area contributed by atoms with Crippen LogP contribution in [0.3, 0.4) is 0 Å². The second kappa shape index (κ2) is 3.72. The Hall–Kier alpha value is -0.830. The minimum atomic E-state index is -0.162. The number of hydrogen-bond donors (Lipinski definition) is 3. The molecule has 4 N–H and O–H groups in total. The van der Waals surface area contributed by atoms with Gasteiger partial charge in [-0.3, -0.25) is 5.41 Å². The Labute approximate surface area is 74.5 Å². The van der Waals surface area contributed by atoms with Crippen LogP contribution in [0.2, 0.25) is 0 Å². The molecule has 0 saturated heterocycles. The SMILES string of the molecule is C=C(C(C)C(=N)N)C(C)(C)NC. The molecule has 0 heterocycles. The Kier molecular flexibility index (Phi) is 3.46. The summed E-state index contributed by atoms with van der Waals surface area (Å²) in [6.07, 6.45) is 0. The summed E-state index contributed by atoms with van der Waals surface area (Å²) >= 11 is 0. The summed E-state index contributed by atoms with van der Waals surface area (Å²) in [5.74, 6) is 0.107. The van der Waals surface area contributed by atoms with Crippen molar-refractivity contribution in [2.75, 3.05) is 7.05 Å². The molecule has 0 fully saturated rings. The Morgan fingerprint density at radius 3 is 2.25 bits per heavy atom. The highest BCUT2D eigenvalue weighted by Crippen LogP contribution is 2.21. The van der Waals surface area contributed by atoms with Gasteiger partial charge in [0.15, 0.2) is 0 Å². The van der Waals surface area contributed by atoms with Crippen LogP contribution in [0.5, 0.6) is 0 Å². The van der Waals surface area contributed by atoms with Gasteiger partial charge in [0.1, 0.15) is 0 Å². The molecule has 0 radical (unpaired) electrons. The van der Waals surface area contributed by atoms with Gasteiger partial charge in [0.25, 0.3) is 0 Å². The zero-order valence-electron chi connectivity index (χ0n) is 8.36. The van der Waals surface area contributed by atoms with Crippen molar-refractivity contribution >= 4 is 5.84 Å². The summed E-state index contributed by atoms with van der Waals surface area (Å²) < 4.78 is 0. The van der Waals surface area contributed by atoms with Crippen LogP contribution in [0, 0.1) is 11.3 Å². The standard InChI is InChI=1S/C9H19N3/c1-6(8(10)11)7(2)9(3,4)12-5/h6,12H,2H2,1,3-5H3,(H3,10,11). The maximum Gasteiger partial charge on any atom is 0.0976 e. The largest absolute Gasteiger partial charge is 0.387 e. The van der Waals surface area contributed by atoms with E-state index >= 15 is 0 Å². The van der Waals surface area contributed by atoms with Gasteiger partial charge in [-0.2, -0.15) is 0 Å². The van der Waals surface area contributed by atoms with Crippen molar-refractivity contribution in [3.8, 4) is 0 Å². The molecule has 0 rings (SSSR count). The first-order valence-corrected chi connectivity index (χ1v) is 4.05. The van der Waals surface area contributed by atoms with E-state index in [2.05, 4.69) is 11.9 Å². The van der Waals surface area contributed by atoms with Gasteiger partial charge in [0.05, 0.1) is 5.84 Å². The van der Waals surface area contributed by atoms with Crippen LogP contribution in [0.25, 0.3) is 0 Å². The minimum absolute atomic E-state index is 0.0625. The quantitative estimate of drug-likeness (QED) is 0.335. The van der Waals surface area contributed by atoms with E-state index in [1.54, 1.807) is 0 Å². The lowest BCUT2D eigenvalue weighted by Crippen LogP contribution is -2.42. The van der Waals surface area contributed by atoms with Crippen LogP contribution in [-0.4, -0.2) is 18.4 Å². The summed E-state index contributed by atoms with van der Waals surface area (Å²) in [6, 6.07) is 0. The van der Waals surface area contributed by atoms with E-state index < -0.39 is 0 Å². The highest BCUT2D eigenvalue weighted by molar-refractivity contribution is 5.82. The van der Waals surface area contributed by atoms with Gasteiger partial charge in [-0.05, 0) is 26.5 Å². The van der Waals surface area contributed by atoms with Crippen LogP contribution in [0.1, 0.15) is 20.8 Å². The first-order valence-electron chi connectivity index (χ1n) is 4.05. The fourth-order valence-electron chi connectivity index (χ4n) is 0.890. The lowest BCUT2D eigenvalue weighted by molar-refractivity contribution is 0.470. The fourth-order valence-corrected chi connectivity index (χ4v) is 0.890. The molecule has 70 valence electrons. The number of amidine groups is 1. The summed E-state index contributed by atoms with van der Waals surface area (Å²) in [5, 5.41) is 10.4. The highest BCUT2D eigenvalue weighted by atomic mass is 14.9. The number of nitrogens with two attached hydrogens (primary N) is 1. The van der Waals surface area contributed by atoms with Crippen LogP contribution in [-0.2, 0) is 0 Å². The molecular formula is C9H19N3. The van der Waals surface area contributed by atoms with Crippen LogP contribution >= 0.6 is 0 Å². The third-order valence-corrected chi connectivity index (χ3v) is 2.42. The molecule has 0 aliphatic carbocycles. The Balaban J connectivity index is 4.49. The number of rotatable bonds is 4. The van der Waals surface area contributed by atoms with Crippen LogP contribution in [0.4, 0.5) is 0 Å². The zero-order valence-corrected chi connectivity index (χ0v) is 8.36. The van der Waals surface area contributed by atoms with Gasteiger partial charge in [-0.25, -0.2) is 0 Å². The van der Waals surface area contributed by atoms with Crippen molar-refractivity contribution in [3.05, 3.63) is 12.2 Å². The third-order valence-electron chi connectivity index (χ3n) is 2.42. The van der Waals surface area contributed by atoms with E-state index in [4.69, 9.17) is 11.1 Å². The fraction of sp³-hybridized carbons (Fsp3) is 0.667. The second-order valence-corrected chi connectivity index (χ2v) is 3.58. The molecule has 0 amide bonds. The molecule has 1 atom stereocenters. The molecule has 0 bridgehead atoms. The molecule has 0 aromatic rings. The first-order chi connectivity index (χ1) is 5.33. The van der Waals surface area contributed by atoms with Crippen LogP contribution in [0.15, 0.2) is 12.2 Å². The van der Waals surface area contributed by atoms with E-state index in [0.29, 0.717) is 0 Å². The Morgan fingerprint density at radius 1 is 1.58 bits per heavy atom. The van der Waals surface area contributed by atoms with E-state index in [9.17, 15) is 0 Å². The molecule has 12 heavy (non-hydrogen) atoms. The van der Waals surface area contributed by atoms with Gasteiger partial charge >= 0.3 is 0 Å². The van der Waals surface area contributed by atoms with Crippen molar-refractivity contribution in [3.63, 3.8) is 0 Å². The van der Waals surface area contributed by atoms with E-state index in [0.717, 1.165) is 5.57 Å². The summed E-state index contributed by atoms with van der Waals surface area (Å²) in [4.78, 5) is 0. The Morgan fingerprint density at radius 2 is 2.00 bits per heavy atom. The van der Waals surface area contributed by atoms with Gasteiger partial charge in [0.2, 0.25) is 0 Å². The summed E-state index contributed by atoms with van der Waals surface area (Å²) in [5.41, 5.74) is 6.16. The lowest BCUT2D eigenvalue weighted by Gasteiger charge is -2.30. The lowest BCUT2D eigenvalue weighted by atomic mass is 9.86. The van der Waals surface area contributed by atoms with Gasteiger partial charge in [-0.1, -0.05) is 13.5 Å². The average molecular weight is 169 g/mol. The molecule has 0 aliphatic heterocycles. The van der Waals surface area contributed by atoms with Gasteiger partial charge < -0.3 is 11.1 Å². The molecule has 0 aliphatic rings. The van der Waals surface area contributed by atoms with Gasteiger partial charge in [0, 0.05) is 11.5 Å².